The number of esters is 5. The van der Waals surface area contributed by atoms with E-state index in [0.29, 0.717) is 36.5 Å². The van der Waals surface area contributed by atoms with Crippen molar-refractivity contribution in [3.63, 3.8) is 0 Å². The number of hydrogen-bond donors (Lipinski definition) is 2. The standard InChI is InChI=1S/C44H67NO14/c1-22(20-46)12-17-44(41(52)45-40-39(57-28(7)51)38(56-27(6)50)37(55-26(5)49)35(58-40)21-53-24(3)47)23(2)36-34(59-44)19-33-31-11-10-29-18-30(54-25(4)48)13-15-42(29,8)32(31)14-16-43(33,36)9/h22-23,29-40,46H,10-21H2,1-9H3,(H,45,52)/t22-,23-,29+,30-,31+,32-,33-,34-,35+,36-,37+,38-,39+,40+,42-,43-,44+/m0/s1. The molecule has 1 amide bonds. The zero-order valence-electron chi connectivity index (χ0n) is 36.3. The molecule has 0 aromatic heterocycles. The highest BCUT2D eigenvalue weighted by atomic mass is 16.7. The van der Waals surface area contributed by atoms with Gasteiger partial charge in [-0.1, -0.05) is 27.7 Å². The highest BCUT2D eigenvalue weighted by Gasteiger charge is 2.70. The molecule has 2 aliphatic heterocycles. The SMILES string of the molecule is CC(=O)OC[C@H]1O[C@@H](NC(=O)[C@]2(CC[C@H](C)CO)O[C@H]3C[C@H]4[C@@H]5CC[C@@H]6C[C@@H](OC(C)=O)CC[C@]6(C)[C@H]5CC[C@]4(C)[C@H]3[C@@H]2C)[C@H](OC(C)=O)[C@@H](OC(C)=O)[C@@H]1OC(C)=O. The molecular weight excluding hydrogens is 766 g/mol. The van der Waals surface area contributed by atoms with E-state index in [1.165, 1.54) is 13.8 Å². The summed E-state index contributed by atoms with van der Waals surface area (Å²) in [6, 6.07) is 0. The van der Waals surface area contributed by atoms with Crippen LogP contribution < -0.4 is 5.32 Å². The fourth-order valence-corrected chi connectivity index (χ4v) is 13.1. The first-order valence-electron chi connectivity index (χ1n) is 21.8. The molecule has 6 fully saturated rings. The number of rotatable bonds is 12. The van der Waals surface area contributed by atoms with Gasteiger partial charge in [-0.05, 0) is 111 Å². The number of nitrogens with one attached hydrogen (secondary N) is 1. The molecule has 17 atom stereocenters. The summed E-state index contributed by atoms with van der Waals surface area (Å²) in [5.74, 6) is -1.94. The van der Waals surface area contributed by atoms with Gasteiger partial charge in [0.2, 0.25) is 0 Å². The van der Waals surface area contributed by atoms with E-state index in [9.17, 15) is 29.1 Å². The fourth-order valence-electron chi connectivity index (χ4n) is 13.1. The zero-order valence-corrected chi connectivity index (χ0v) is 36.3. The number of hydrogen-bond acceptors (Lipinski definition) is 14. The van der Waals surface area contributed by atoms with Crippen LogP contribution in [0.15, 0.2) is 0 Å². The number of amides is 1. The van der Waals surface area contributed by atoms with Crippen LogP contribution in [0.5, 0.6) is 0 Å². The van der Waals surface area contributed by atoms with Crippen LogP contribution in [0.25, 0.3) is 0 Å². The van der Waals surface area contributed by atoms with Crippen molar-refractivity contribution >= 4 is 35.8 Å². The molecule has 15 heteroatoms. The summed E-state index contributed by atoms with van der Waals surface area (Å²) in [5.41, 5.74) is -1.27. The van der Waals surface area contributed by atoms with Crippen LogP contribution in [0.3, 0.4) is 0 Å². The summed E-state index contributed by atoms with van der Waals surface area (Å²) in [6.45, 7) is 14.5. The van der Waals surface area contributed by atoms with Crippen molar-refractivity contribution in [2.75, 3.05) is 13.2 Å². The third-order valence-electron chi connectivity index (χ3n) is 15.6. The van der Waals surface area contributed by atoms with Crippen LogP contribution in [0.4, 0.5) is 0 Å². The highest BCUT2D eigenvalue weighted by Crippen LogP contribution is 2.71. The Hall–Kier alpha value is -3.30. The number of carbonyl (C=O) groups excluding carboxylic acids is 6. The Bertz CT molecular complexity index is 1620. The molecule has 15 nitrogen and oxygen atoms in total. The molecule has 0 bridgehead atoms. The van der Waals surface area contributed by atoms with Crippen molar-refractivity contribution in [1.82, 2.24) is 5.32 Å². The Labute approximate surface area is 348 Å². The normalized spacial score (nSPS) is 42.7. The minimum absolute atomic E-state index is 0.00480. The van der Waals surface area contributed by atoms with Crippen LogP contribution >= 0.6 is 0 Å². The maximum atomic E-state index is 15.1. The van der Waals surface area contributed by atoms with Gasteiger partial charge in [-0.15, -0.1) is 0 Å². The molecule has 0 aromatic rings. The molecule has 6 aliphatic rings. The highest BCUT2D eigenvalue weighted by molar-refractivity contribution is 5.86. The Balaban J connectivity index is 1.28. The molecule has 0 aromatic carbocycles. The summed E-state index contributed by atoms with van der Waals surface area (Å²) in [4.78, 5) is 76.1. The summed E-state index contributed by atoms with van der Waals surface area (Å²) in [6.07, 6.45) is 1.70. The van der Waals surface area contributed by atoms with E-state index >= 15 is 4.79 Å². The molecule has 0 unspecified atom stereocenters. The van der Waals surface area contributed by atoms with Crippen molar-refractivity contribution in [1.29, 1.82) is 0 Å². The number of carbonyl (C=O) groups is 6. The molecule has 332 valence electrons. The van der Waals surface area contributed by atoms with E-state index in [-0.39, 0.29) is 53.4 Å². The van der Waals surface area contributed by atoms with Gasteiger partial charge in [0.25, 0.3) is 5.91 Å². The van der Waals surface area contributed by atoms with Crippen molar-refractivity contribution < 1.29 is 67.0 Å². The summed E-state index contributed by atoms with van der Waals surface area (Å²) in [5, 5.41) is 13.0. The van der Waals surface area contributed by atoms with E-state index < -0.39 is 72.6 Å². The van der Waals surface area contributed by atoms with Crippen LogP contribution in [0, 0.1) is 52.3 Å². The van der Waals surface area contributed by atoms with Gasteiger partial charge in [0.1, 0.15) is 24.4 Å². The lowest BCUT2D eigenvalue weighted by molar-refractivity contribution is -0.258. The molecule has 0 radical (unpaired) electrons. The van der Waals surface area contributed by atoms with Gasteiger partial charge < -0.3 is 43.6 Å². The molecule has 2 saturated heterocycles. The van der Waals surface area contributed by atoms with Crippen molar-refractivity contribution in [2.24, 2.45) is 52.3 Å². The largest absolute Gasteiger partial charge is 0.463 e. The van der Waals surface area contributed by atoms with Crippen LogP contribution in [0.1, 0.15) is 127 Å². The predicted octanol–water partition coefficient (Wildman–Crippen LogP) is 4.57. The Morgan fingerprint density at radius 3 is 2.02 bits per heavy atom. The second kappa shape index (κ2) is 17.6. The fraction of sp³-hybridized carbons (Fsp3) is 0.864. The molecule has 2 heterocycles. The lowest BCUT2D eigenvalue weighted by atomic mass is 9.44. The van der Waals surface area contributed by atoms with Gasteiger partial charge in [-0.2, -0.15) is 0 Å². The smallest absolute Gasteiger partial charge is 0.303 e. The van der Waals surface area contributed by atoms with Gasteiger partial charge in [0.05, 0.1) is 6.10 Å². The Morgan fingerprint density at radius 1 is 0.763 bits per heavy atom. The predicted molar refractivity (Wildman–Crippen MR) is 209 cm³/mol. The van der Waals surface area contributed by atoms with Gasteiger partial charge in [-0.25, -0.2) is 0 Å². The van der Waals surface area contributed by atoms with Gasteiger partial charge >= 0.3 is 29.8 Å². The number of ether oxygens (including phenoxy) is 7. The average Bonchev–Trinajstić information content (AvgIpc) is 3.61. The van der Waals surface area contributed by atoms with Crippen molar-refractivity contribution in [3.05, 3.63) is 0 Å². The quantitative estimate of drug-likeness (QED) is 0.205. The molecule has 0 spiro atoms. The van der Waals surface area contributed by atoms with E-state index in [1.807, 2.05) is 6.92 Å². The topological polar surface area (TPSA) is 199 Å². The molecule has 4 saturated carbocycles. The first-order chi connectivity index (χ1) is 27.7. The second-order valence-corrected chi connectivity index (χ2v) is 19.2. The van der Waals surface area contributed by atoms with E-state index in [4.69, 9.17) is 33.2 Å². The second-order valence-electron chi connectivity index (χ2n) is 19.2. The lowest BCUT2D eigenvalue weighted by Crippen LogP contribution is -2.68. The first-order valence-corrected chi connectivity index (χ1v) is 21.8. The van der Waals surface area contributed by atoms with Gasteiger partial charge in [0.15, 0.2) is 24.5 Å². The summed E-state index contributed by atoms with van der Waals surface area (Å²) >= 11 is 0. The third-order valence-corrected chi connectivity index (χ3v) is 15.6. The first kappa shape index (κ1) is 45.2. The lowest BCUT2D eigenvalue weighted by Gasteiger charge is -2.61. The Morgan fingerprint density at radius 2 is 1.39 bits per heavy atom. The van der Waals surface area contributed by atoms with Gasteiger partial charge in [0, 0.05) is 47.1 Å². The van der Waals surface area contributed by atoms with Crippen LogP contribution in [-0.4, -0.2) is 103 Å². The van der Waals surface area contributed by atoms with E-state index in [2.05, 4.69) is 26.1 Å². The summed E-state index contributed by atoms with van der Waals surface area (Å²) in [7, 11) is 0. The third kappa shape index (κ3) is 8.76. The zero-order chi connectivity index (χ0) is 43.2. The van der Waals surface area contributed by atoms with E-state index in [1.54, 1.807) is 0 Å². The molecule has 2 N–H and O–H groups in total. The maximum absolute atomic E-state index is 15.1. The molecule has 6 rings (SSSR count). The van der Waals surface area contributed by atoms with Crippen LogP contribution in [-0.2, 0) is 61.9 Å². The average molecular weight is 834 g/mol. The van der Waals surface area contributed by atoms with Crippen molar-refractivity contribution in [2.45, 2.75) is 175 Å². The minimum atomic E-state index is -1.46. The monoisotopic (exact) mass is 833 g/mol. The minimum Gasteiger partial charge on any atom is -0.463 e. The van der Waals surface area contributed by atoms with Gasteiger partial charge in [-0.3, -0.25) is 28.8 Å². The Kier molecular flexibility index (Phi) is 13.5. The van der Waals surface area contributed by atoms with Crippen molar-refractivity contribution in [3.8, 4) is 0 Å². The summed E-state index contributed by atoms with van der Waals surface area (Å²) < 4.78 is 41.2. The number of aliphatic hydroxyl groups is 1. The molecule has 59 heavy (non-hydrogen) atoms. The number of aliphatic hydroxyl groups excluding tert-OH is 1. The molecular formula is C44H67NO14. The van der Waals surface area contributed by atoms with E-state index in [0.717, 1.165) is 72.1 Å². The molecule has 4 aliphatic carbocycles. The maximum Gasteiger partial charge on any atom is 0.303 e. The number of fused-ring (bicyclic) bond motifs is 7. The van der Waals surface area contributed by atoms with Crippen LogP contribution in [0.2, 0.25) is 0 Å².